The van der Waals surface area contributed by atoms with Gasteiger partial charge in [0, 0.05) is 24.8 Å². The molecule has 52 heavy (non-hydrogen) atoms. The van der Waals surface area contributed by atoms with Crippen LogP contribution in [0.25, 0.3) is 98.0 Å². The second-order valence-electron chi connectivity index (χ2n) is 12.8. The lowest BCUT2D eigenvalue weighted by Gasteiger charge is -2.19. The minimum absolute atomic E-state index is 0.921. The van der Waals surface area contributed by atoms with Gasteiger partial charge < -0.3 is 0 Å². The molecule has 0 aliphatic rings. The van der Waals surface area contributed by atoms with Crippen LogP contribution in [0, 0.1) is 0 Å². The summed E-state index contributed by atoms with van der Waals surface area (Å²) in [4.78, 5) is 20.2. The first-order chi connectivity index (χ1) is 25.8. The van der Waals surface area contributed by atoms with Gasteiger partial charge in [-0.05, 0) is 107 Å². The van der Waals surface area contributed by atoms with Gasteiger partial charge in [-0.15, -0.1) is 22.7 Å². The third-order valence-corrected chi connectivity index (χ3v) is 11.4. The molecular weight excluding hydrogens is 673 g/mol. The maximum absolute atomic E-state index is 4.74. The molecule has 0 N–H and O–H groups in total. The Bertz CT molecular complexity index is 2890. The Labute approximate surface area is 308 Å². The summed E-state index contributed by atoms with van der Waals surface area (Å²) in [6.45, 7) is 0. The molecule has 10 rings (SSSR count). The molecule has 0 radical (unpaired) electrons. The number of thiazole rings is 2. The molecule has 0 saturated heterocycles. The predicted octanol–water partition coefficient (Wildman–Crippen LogP) is 12.9. The third kappa shape index (κ3) is 5.28. The fraction of sp³-hybridized carbons (Fsp3) is 0. The molecule has 4 aromatic heterocycles. The zero-order chi connectivity index (χ0) is 34.4. The van der Waals surface area contributed by atoms with Gasteiger partial charge in [-0.2, -0.15) is 0 Å². The summed E-state index contributed by atoms with van der Waals surface area (Å²) in [5.41, 5.74) is 15.0. The van der Waals surface area contributed by atoms with Gasteiger partial charge in [-0.3, -0.25) is 19.9 Å². The second kappa shape index (κ2) is 12.8. The van der Waals surface area contributed by atoms with Gasteiger partial charge in [0.05, 0.1) is 32.2 Å². The number of benzene rings is 6. The molecule has 0 atom stereocenters. The first-order valence-electron chi connectivity index (χ1n) is 17.1. The molecule has 0 fully saturated rings. The van der Waals surface area contributed by atoms with Crippen LogP contribution in [-0.4, -0.2) is 19.9 Å². The Morgan fingerprint density at radius 3 is 1.56 bits per heavy atom. The Kier molecular flexibility index (Phi) is 7.48. The molecule has 0 spiro atoms. The summed E-state index contributed by atoms with van der Waals surface area (Å²) in [5, 5.41) is 7.25. The molecule has 244 valence electrons. The Morgan fingerprint density at radius 2 is 0.923 bits per heavy atom. The zero-order valence-electron chi connectivity index (χ0n) is 27.8. The largest absolute Gasteiger partial charge is 0.255 e. The fourth-order valence-electron chi connectivity index (χ4n) is 7.43. The number of rotatable bonds is 6. The zero-order valence-corrected chi connectivity index (χ0v) is 29.4. The van der Waals surface area contributed by atoms with E-state index in [1.165, 1.54) is 60.1 Å². The number of aromatic nitrogens is 4. The van der Waals surface area contributed by atoms with Gasteiger partial charge in [-0.1, -0.05) is 103 Å². The third-order valence-electron chi connectivity index (χ3n) is 9.81. The Hall–Kier alpha value is -6.34. The van der Waals surface area contributed by atoms with Crippen LogP contribution in [0.1, 0.15) is 0 Å². The van der Waals surface area contributed by atoms with E-state index in [1.807, 2.05) is 35.8 Å². The van der Waals surface area contributed by atoms with Crippen LogP contribution in [0.4, 0.5) is 0 Å². The van der Waals surface area contributed by atoms with Crippen LogP contribution in [0.2, 0.25) is 0 Å². The van der Waals surface area contributed by atoms with Crippen molar-refractivity contribution in [1.29, 1.82) is 0 Å². The van der Waals surface area contributed by atoms with E-state index in [0.717, 1.165) is 37.8 Å². The Morgan fingerprint density at radius 1 is 0.385 bits per heavy atom. The van der Waals surface area contributed by atoms with E-state index in [2.05, 4.69) is 143 Å². The predicted molar refractivity (Wildman–Crippen MR) is 219 cm³/mol. The Balaban J connectivity index is 1.20. The van der Waals surface area contributed by atoms with Crippen molar-refractivity contribution >= 4 is 55.0 Å². The van der Waals surface area contributed by atoms with Crippen molar-refractivity contribution in [2.75, 3.05) is 0 Å². The molecule has 0 aliphatic heterocycles. The van der Waals surface area contributed by atoms with E-state index in [1.54, 1.807) is 22.7 Å². The fourth-order valence-corrected chi connectivity index (χ4v) is 8.60. The molecule has 6 aromatic carbocycles. The summed E-state index contributed by atoms with van der Waals surface area (Å²) in [6, 6.07) is 48.4. The topological polar surface area (TPSA) is 51.6 Å². The van der Waals surface area contributed by atoms with E-state index >= 15 is 0 Å². The maximum atomic E-state index is 4.74. The van der Waals surface area contributed by atoms with E-state index in [-0.39, 0.29) is 0 Å². The van der Waals surface area contributed by atoms with Crippen LogP contribution in [-0.2, 0) is 0 Å². The van der Waals surface area contributed by atoms with Gasteiger partial charge in [-0.25, -0.2) is 0 Å². The minimum atomic E-state index is 0.921. The average molecular weight is 701 g/mol. The molecule has 4 nitrogen and oxygen atoms in total. The quantitative estimate of drug-likeness (QED) is 0.162. The van der Waals surface area contributed by atoms with Gasteiger partial charge in [0.1, 0.15) is 0 Å². The first kappa shape index (κ1) is 30.5. The summed E-state index contributed by atoms with van der Waals surface area (Å²) in [6.07, 6.45) is 7.60. The van der Waals surface area contributed by atoms with Crippen molar-refractivity contribution in [3.05, 3.63) is 169 Å². The van der Waals surface area contributed by atoms with Gasteiger partial charge >= 0.3 is 0 Å². The van der Waals surface area contributed by atoms with E-state index in [4.69, 9.17) is 9.97 Å². The highest BCUT2D eigenvalue weighted by atomic mass is 32.1. The van der Waals surface area contributed by atoms with Crippen LogP contribution < -0.4 is 0 Å². The minimum Gasteiger partial charge on any atom is -0.255 e. The average Bonchev–Trinajstić information content (AvgIpc) is 3.96. The lowest BCUT2D eigenvalue weighted by molar-refractivity contribution is 1.33. The highest BCUT2D eigenvalue weighted by Crippen LogP contribution is 2.46. The normalized spacial score (nSPS) is 11.5. The van der Waals surface area contributed by atoms with Crippen molar-refractivity contribution in [2.45, 2.75) is 0 Å². The lowest BCUT2D eigenvalue weighted by Crippen LogP contribution is -1.93. The van der Waals surface area contributed by atoms with Crippen molar-refractivity contribution < 1.29 is 0 Å². The number of hydrogen-bond donors (Lipinski definition) is 0. The van der Waals surface area contributed by atoms with Gasteiger partial charge in [0.25, 0.3) is 0 Å². The molecule has 4 heterocycles. The van der Waals surface area contributed by atoms with Crippen LogP contribution in [0.3, 0.4) is 0 Å². The van der Waals surface area contributed by atoms with Crippen LogP contribution >= 0.6 is 22.7 Å². The first-order valence-corrected chi connectivity index (χ1v) is 18.8. The SMILES string of the molecule is c1ccc2c(-c3ccc(-c4ccc5c(-c6ccnc(-c7cncs7)c6)c6ccccc6c(-c6ccnc(-c7cncs7)c6)c5c4)cc3)cccc2c1. The van der Waals surface area contributed by atoms with Crippen molar-refractivity contribution in [1.82, 2.24) is 19.9 Å². The second-order valence-corrected chi connectivity index (χ2v) is 14.5. The summed E-state index contributed by atoms with van der Waals surface area (Å²) in [7, 11) is 0. The maximum Gasteiger partial charge on any atom is 0.0824 e. The highest BCUT2D eigenvalue weighted by molar-refractivity contribution is 7.13. The number of pyridine rings is 2. The smallest absolute Gasteiger partial charge is 0.0824 e. The number of nitrogens with zero attached hydrogens (tertiary/aromatic N) is 4. The lowest BCUT2D eigenvalue weighted by atomic mass is 9.85. The number of hydrogen-bond acceptors (Lipinski definition) is 6. The molecule has 6 heteroatoms. The van der Waals surface area contributed by atoms with Crippen molar-refractivity contribution in [3.63, 3.8) is 0 Å². The molecule has 0 saturated carbocycles. The monoisotopic (exact) mass is 700 g/mol. The van der Waals surface area contributed by atoms with Crippen molar-refractivity contribution in [2.24, 2.45) is 0 Å². The molecule has 0 aliphatic carbocycles. The van der Waals surface area contributed by atoms with E-state index < -0.39 is 0 Å². The van der Waals surface area contributed by atoms with Crippen molar-refractivity contribution in [3.8, 4) is 65.6 Å². The van der Waals surface area contributed by atoms with E-state index in [9.17, 15) is 0 Å². The summed E-state index contributed by atoms with van der Waals surface area (Å²) >= 11 is 3.21. The summed E-state index contributed by atoms with van der Waals surface area (Å²) in [5.74, 6) is 0. The number of fused-ring (bicyclic) bond motifs is 3. The molecule has 0 amide bonds. The van der Waals surface area contributed by atoms with Gasteiger partial charge in [0.15, 0.2) is 0 Å². The molecule has 0 unspecified atom stereocenters. The highest BCUT2D eigenvalue weighted by Gasteiger charge is 2.19. The molecule has 10 aromatic rings. The van der Waals surface area contributed by atoms with Crippen LogP contribution in [0.15, 0.2) is 169 Å². The molecule has 0 bridgehead atoms. The van der Waals surface area contributed by atoms with Crippen LogP contribution in [0.5, 0.6) is 0 Å². The van der Waals surface area contributed by atoms with Gasteiger partial charge in [0.2, 0.25) is 0 Å². The standard InChI is InChI=1S/C46H28N4S2/c1-2-8-35-30(6-1)7-5-11-36(35)31-14-12-29(13-15-31)32-16-17-39-40(22-32)46(34-19-21-50-42(24-34)44-26-48-28-52-44)38-10-4-3-9-37(38)45(39)33-18-20-49-41(23-33)43-25-47-27-51-43/h1-28H. The molecular formula is C46H28N4S2. The summed E-state index contributed by atoms with van der Waals surface area (Å²) < 4.78 is 0. The van der Waals surface area contributed by atoms with E-state index in [0.29, 0.717) is 0 Å².